The van der Waals surface area contributed by atoms with E-state index in [-0.39, 0.29) is 24.3 Å². The lowest BCUT2D eigenvalue weighted by molar-refractivity contribution is 0.0618. The van der Waals surface area contributed by atoms with Gasteiger partial charge in [0.25, 0.3) is 0 Å². The van der Waals surface area contributed by atoms with E-state index < -0.39 is 0 Å². The van der Waals surface area contributed by atoms with Gasteiger partial charge in [-0.1, -0.05) is 42.7 Å². The van der Waals surface area contributed by atoms with Crippen LogP contribution in [0.3, 0.4) is 0 Å². The maximum absolute atomic E-state index is 6.13. The molecule has 1 aromatic heterocycles. The van der Waals surface area contributed by atoms with Gasteiger partial charge in [-0.2, -0.15) is 0 Å². The van der Waals surface area contributed by atoms with E-state index >= 15 is 0 Å². The predicted octanol–water partition coefficient (Wildman–Crippen LogP) is 2.73. The Balaban J connectivity index is 1.14. The number of aromatic nitrogens is 3. The minimum absolute atomic E-state index is 0.0310. The lowest BCUT2D eigenvalue weighted by Gasteiger charge is -2.25. The van der Waals surface area contributed by atoms with Gasteiger partial charge in [0.1, 0.15) is 36.3 Å². The van der Waals surface area contributed by atoms with Crippen molar-refractivity contribution in [3.63, 3.8) is 0 Å². The van der Waals surface area contributed by atoms with Crippen LogP contribution in [0.2, 0.25) is 0 Å². The van der Waals surface area contributed by atoms with Crippen LogP contribution < -0.4 is 10.1 Å². The molecule has 156 valence electrons. The molecule has 2 aliphatic heterocycles. The fraction of sp³-hybridized carbons (Fsp3) is 0.636. The largest absolute Gasteiger partial charge is 0.487 e. The van der Waals surface area contributed by atoms with Gasteiger partial charge in [-0.3, -0.25) is 0 Å². The number of nitrogens with zero attached hydrogens (tertiary/aromatic N) is 3. The molecule has 4 atom stereocenters. The molecule has 3 heterocycles. The summed E-state index contributed by atoms with van der Waals surface area (Å²) < 4.78 is 19.9. The number of hydrogen-bond acceptors (Lipinski definition) is 6. The SMILES string of the molecule is c1ccc(OCc2cn(C3COC4C(NCC5CCCCC5)COC43)nn2)cc1. The van der Waals surface area contributed by atoms with Crippen molar-refractivity contribution in [2.75, 3.05) is 19.8 Å². The maximum atomic E-state index is 6.13. The molecule has 2 aromatic rings. The van der Waals surface area contributed by atoms with Crippen LogP contribution in [0.1, 0.15) is 43.8 Å². The van der Waals surface area contributed by atoms with E-state index in [1.807, 2.05) is 41.2 Å². The fourth-order valence-corrected chi connectivity index (χ4v) is 4.81. The monoisotopic (exact) mass is 398 g/mol. The van der Waals surface area contributed by atoms with Crippen molar-refractivity contribution in [3.8, 4) is 5.75 Å². The van der Waals surface area contributed by atoms with Crippen LogP contribution >= 0.6 is 0 Å². The lowest BCUT2D eigenvalue weighted by atomic mass is 9.89. The molecule has 4 unspecified atom stereocenters. The Kier molecular flexibility index (Phi) is 5.78. The Morgan fingerprint density at radius 3 is 2.72 bits per heavy atom. The summed E-state index contributed by atoms with van der Waals surface area (Å²) >= 11 is 0. The molecule has 7 nitrogen and oxygen atoms in total. The molecule has 1 aliphatic carbocycles. The molecule has 0 bridgehead atoms. The zero-order valence-corrected chi connectivity index (χ0v) is 16.8. The van der Waals surface area contributed by atoms with E-state index in [0.717, 1.165) is 23.9 Å². The minimum atomic E-state index is 0.0310. The van der Waals surface area contributed by atoms with Gasteiger partial charge in [0.15, 0.2) is 0 Å². The fourth-order valence-electron chi connectivity index (χ4n) is 4.81. The number of nitrogens with one attached hydrogen (secondary N) is 1. The van der Waals surface area contributed by atoms with Gasteiger partial charge in [0.2, 0.25) is 0 Å². The maximum Gasteiger partial charge on any atom is 0.134 e. The van der Waals surface area contributed by atoms with Gasteiger partial charge in [0, 0.05) is 0 Å². The van der Waals surface area contributed by atoms with Crippen LogP contribution in [0.15, 0.2) is 36.5 Å². The highest BCUT2D eigenvalue weighted by molar-refractivity contribution is 5.21. The Bertz CT molecular complexity index is 777. The highest BCUT2D eigenvalue weighted by Gasteiger charge is 2.48. The third-order valence-electron chi connectivity index (χ3n) is 6.45. The first-order valence-corrected chi connectivity index (χ1v) is 10.9. The molecular weight excluding hydrogens is 368 g/mol. The number of benzene rings is 1. The second-order valence-corrected chi connectivity index (χ2v) is 8.47. The van der Waals surface area contributed by atoms with Crippen molar-refractivity contribution < 1.29 is 14.2 Å². The van der Waals surface area contributed by atoms with Gasteiger partial charge in [-0.25, -0.2) is 4.68 Å². The second-order valence-electron chi connectivity index (χ2n) is 8.47. The summed E-state index contributed by atoms with van der Waals surface area (Å²) in [7, 11) is 0. The van der Waals surface area contributed by atoms with Crippen LogP contribution in [0.25, 0.3) is 0 Å². The van der Waals surface area contributed by atoms with Gasteiger partial charge < -0.3 is 19.5 Å². The highest BCUT2D eigenvalue weighted by atomic mass is 16.6. The first-order chi connectivity index (χ1) is 14.4. The molecule has 29 heavy (non-hydrogen) atoms. The van der Waals surface area contributed by atoms with Crippen molar-refractivity contribution in [2.24, 2.45) is 5.92 Å². The summed E-state index contributed by atoms with van der Waals surface area (Å²) in [5, 5.41) is 12.3. The molecule has 1 N–H and O–H groups in total. The van der Waals surface area contributed by atoms with Gasteiger partial charge in [-0.05, 0) is 37.4 Å². The van der Waals surface area contributed by atoms with Crippen molar-refractivity contribution in [1.82, 2.24) is 20.3 Å². The number of para-hydroxylation sites is 1. The number of fused-ring (bicyclic) bond motifs is 1. The summed E-state index contributed by atoms with van der Waals surface area (Å²) in [6, 6.07) is 10.1. The van der Waals surface area contributed by atoms with E-state index in [1.54, 1.807) is 0 Å². The van der Waals surface area contributed by atoms with Gasteiger partial charge >= 0.3 is 0 Å². The van der Waals surface area contributed by atoms with Crippen LogP contribution in [-0.2, 0) is 16.1 Å². The van der Waals surface area contributed by atoms with E-state index in [9.17, 15) is 0 Å². The lowest BCUT2D eigenvalue weighted by Crippen LogP contribution is -2.43. The molecule has 1 saturated carbocycles. The van der Waals surface area contributed by atoms with Crippen molar-refractivity contribution in [2.45, 2.75) is 63.0 Å². The number of hydrogen-bond donors (Lipinski definition) is 1. The first-order valence-electron chi connectivity index (χ1n) is 10.9. The second kappa shape index (κ2) is 8.81. The average Bonchev–Trinajstić information content (AvgIpc) is 3.49. The third-order valence-corrected chi connectivity index (χ3v) is 6.45. The normalized spacial score (nSPS) is 29.8. The van der Waals surface area contributed by atoms with E-state index in [1.165, 1.54) is 32.1 Å². The molecule has 0 amide bonds. The third kappa shape index (κ3) is 4.32. The topological polar surface area (TPSA) is 70.4 Å². The summed E-state index contributed by atoms with van der Waals surface area (Å²) in [4.78, 5) is 0. The van der Waals surface area contributed by atoms with Crippen molar-refractivity contribution in [3.05, 3.63) is 42.2 Å². The standard InChI is InChI=1S/C22H30N4O3/c1-3-7-16(8-4-1)11-23-19-14-28-22-20(15-29-21(19)22)26-12-17(24-25-26)13-27-18-9-5-2-6-10-18/h2,5-6,9-10,12,16,19-23H,1,3-4,7-8,11,13-15H2. The van der Waals surface area contributed by atoms with Gasteiger partial charge in [-0.15, -0.1) is 5.10 Å². The molecule has 3 fully saturated rings. The first kappa shape index (κ1) is 19.0. The number of ether oxygens (including phenoxy) is 3. The summed E-state index contributed by atoms with van der Waals surface area (Å²) in [6.45, 7) is 2.80. The van der Waals surface area contributed by atoms with E-state index in [2.05, 4.69) is 15.6 Å². The summed E-state index contributed by atoms with van der Waals surface area (Å²) in [5.41, 5.74) is 0.808. The zero-order valence-electron chi connectivity index (χ0n) is 16.8. The van der Waals surface area contributed by atoms with Crippen LogP contribution in [0.5, 0.6) is 5.75 Å². The quantitative estimate of drug-likeness (QED) is 0.773. The predicted molar refractivity (Wildman–Crippen MR) is 108 cm³/mol. The molecule has 1 aromatic carbocycles. The van der Waals surface area contributed by atoms with E-state index in [4.69, 9.17) is 14.2 Å². The molecule has 0 spiro atoms. The van der Waals surface area contributed by atoms with Crippen molar-refractivity contribution in [1.29, 1.82) is 0 Å². The Morgan fingerprint density at radius 2 is 1.86 bits per heavy atom. The van der Waals surface area contributed by atoms with Crippen LogP contribution in [0, 0.1) is 5.92 Å². The average molecular weight is 399 g/mol. The van der Waals surface area contributed by atoms with Crippen LogP contribution in [-0.4, -0.2) is 53.0 Å². The Labute approximate surface area is 171 Å². The zero-order chi connectivity index (χ0) is 19.5. The summed E-state index contributed by atoms with van der Waals surface area (Å²) in [6.07, 6.45) is 8.93. The molecule has 7 heteroatoms. The van der Waals surface area contributed by atoms with Gasteiger partial charge in [0.05, 0.1) is 25.5 Å². The molecule has 5 rings (SSSR count). The van der Waals surface area contributed by atoms with Crippen molar-refractivity contribution >= 4 is 0 Å². The van der Waals surface area contributed by atoms with Crippen LogP contribution in [0.4, 0.5) is 0 Å². The Morgan fingerprint density at radius 1 is 1.03 bits per heavy atom. The smallest absolute Gasteiger partial charge is 0.134 e. The Hall–Kier alpha value is -1.96. The minimum Gasteiger partial charge on any atom is -0.487 e. The molecule has 3 aliphatic rings. The molecule has 2 saturated heterocycles. The summed E-state index contributed by atoms with van der Waals surface area (Å²) in [5.74, 6) is 1.64. The van der Waals surface area contributed by atoms with E-state index in [0.29, 0.717) is 19.8 Å². The molecule has 0 radical (unpaired) electrons. The molecular formula is C22H30N4O3. The highest BCUT2D eigenvalue weighted by Crippen LogP contribution is 2.34. The number of rotatable bonds is 7.